The molecule has 0 spiro atoms. The number of anilines is 1. The molecule has 0 bridgehead atoms. The second-order valence-corrected chi connectivity index (χ2v) is 5.73. The number of aromatic nitrogens is 2. The number of nitrogen functional groups attached to an aromatic ring is 1. The van der Waals surface area contributed by atoms with Crippen molar-refractivity contribution in [3.8, 4) is 11.3 Å². The summed E-state index contributed by atoms with van der Waals surface area (Å²) in [7, 11) is 0. The van der Waals surface area contributed by atoms with Crippen molar-refractivity contribution in [2.45, 2.75) is 6.54 Å². The Kier molecular flexibility index (Phi) is 7.17. The normalized spacial score (nSPS) is 10.4. The van der Waals surface area contributed by atoms with Crippen molar-refractivity contribution in [2.75, 3.05) is 18.8 Å². The first-order valence-corrected chi connectivity index (χ1v) is 8.03. The van der Waals surface area contributed by atoms with Crippen LogP contribution in [-0.4, -0.2) is 29.3 Å². The molecule has 3 aromatic rings. The van der Waals surface area contributed by atoms with Crippen LogP contribution in [-0.2, 0) is 6.54 Å². The zero-order chi connectivity index (χ0) is 18.5. The predicted octanol–water partition coefficient (Wildman–Crippen LogP) is -0.772. The topological polar surface area (TPSA) is 119 Å². The highest BCUT2D eigenvalue weighted by atomic mass is 35.5. The van der Waals surface area contributed by atoms with E-state index in [0.29, 0.717) is 36.7 Å². The molecule has 0 saturated carbocycles. The first-order chi connectivity index (χ1) is 12.5. The molecule has 11 heteroatoms. The fourth-order valence-electron chi connectivity index (χ4n) is 2.19. The molecule has 3 rings (SSSR count). The molecule has 0 atom stereocenters. The Bertz CT molecular complexity index is 915. The average molecular weight is 415 g/mol. The number of furan rings is 1. The second kappa shape index (κ2) is 9.36. The van der Waals surface area contributed by atoms with Gasteiger partial charge >= 0.3 is 0 Å². The van der Waals surface area contributed by atoms with Crippen LogP contribution in [0.25, 0.3) is 11.3 Å². The molecule has 2 aromatic heterocycles. The number of rotatable bonds is 7. The maximum absolute atomic E-state index is 13.2. The van der Waals surface area contributed by atoms with E-state index in [1.54, 1.807) is 18.2 Å². The third-order valence-electron chi connectivity index (χ3n) is 3.48. The molecule has 0 fully saturated rings. The van der Waals surface area contributed by atoms with Gasteiger partial charge < -0.3 is 33.2 Å². The number of nitrogens with zero attached hydrogens (tertiary/aromatic N) is 2. The van der Waals surface area contributed by atoms with Crippen molar-refractivity contribution >= 4 is 23.3 Å². The summed E-state index contributed by atoms with van der Waals surface area (Å²) in [5, 5.41) is 12.5. The van der Waals surface area contributed by atoms with Crippen LogP contribution in [0.5, 0.6) is 0 Å². The van der Waals surface area contributed by atoms with Crippen molar-refractivity contribution < 1.29 is 30.6 Å². The molecule has 0 unspecified atom stereocenters. The number of carbonyl (C=O) groups is 1. The van der Waals surface area contributed by atoms with Crippen LogP contribution >= 0.6 is 11.6 Å². The monoisotopic (exact) mass is 414 g/mol. The van der Waals surface area contributed by atoms with E-state index in [0.717, 1.165) is 0 Å². The number of amides is 1. The summed E-state index contributed by atoms with van der Waals surface area (Å²) in [5.41, 5.74) is 6.08. The van der Waals surface area contributed by atoms with Gasteiger partial charge in [0.2, 0.25) is 11.5 Å². The molecule has 4 N–H and O–H groups in total. The fraction of sp³-hybridized carbons (Fsp3) is 0.188. The lowest BCUT2D eigenvalue weighted by atomic mass is 10.2. The van der Waals surface area contributed by atoms with Gasteiger partial charge in [-0.1, -0.05) is 11.6 Å². The third-order valence-corrected chi connectivity index (χ3v) is 3.77. The van der Waals surface area contributed by atoms with E-state index in [-0.39, 0.29) is 28.9 Å². The lowest BCUT2D eigenvalue weighted by Gasteiger charge is -2.04. The van der Waals surface area contributed by atoms with Gasteiger partial charge in [0, 0.05) is 18.7 Å². The van der Waals surface area contributed by atoms with Gasteiger partial charge in [-0.15, -0.1) is 0 Å². The molecule has 144 valence electrons. The minimum Gasteiger partial charge on any atom is -1.00 e. The number of hydrogen-bond donors (Lipinski definition) is 3. The number of carbonyl (C=O) groups excluding carboxylic acids is 1. The molecule has 8 nitrogen and oxygen atoms in total. The van der Waals surface area contributed by atoms with Crippen LogP contribution in [0.2, 0.25) is 5.02 Å². The minimum absolute atomic E-state index is 0. The Balaban J connectivity index is 0.00000261. The van der Waals surface area contributed by atoms with Crippen LogP contribution in [0.3, 0.4) is 0 Å². The standard InChI is InChI=1S/C16H15ClFN5O3.ClH/c17-11-7-9(1-3-12(11)18)13-4-2-10(25-13)8-20-5-6-21-16(24)14-15(19)23-26-22-14;/h1-4,7,20H,5-6,8H2,(H2,19,23)(H,21,24);1H/p-1. The number of hydrogen-bond acceptors (Lipinski definition) is 7. The molecular weight excluding hydrogens is 400 g/mol. The van der Waals surface area contributed by atoms with Crippen LogP contribution < -0.4 is 28.8 Å². The van der Waals surface area contributed by atoms with Crippen LogP contribution in [0, 0.1) is 5.82 Å². The summed E-state index contributed by atoms with van der Waals surface area (Å²) in [6.07, 6.45) is 0. The predicted molar refractivity (Wildman–Crippen MR) is 91.9 cm³/mol. The summed E-state index contributed by atoms with van der Waals surface area (Å²) in [6, 6.07) is 7.98. The van der Waals surface area contributed by atoms with E-state index >= 15 is 0 Å². The van der Waals surface area contributed by atoms with E-state index in [1.165, 1.54) is 12.1 Å². The lowest BCUT2D eigenvalue weighted by Crippen LogP contribution is -3.00. The summed E-state index contributed by atoms with van der Waals surface area (Å²) < 4.78 is 23.3. The fourth-order valence-corrected chi connectivity index (χ4v) is 2.37. The van der Waals surface area contributed by atoms with Gasteiger partial charge in [-0.05, 0) is 40.6 Å². The van der Waals surface area contributed by atoms with Crippen molar-refractivity contribution in [1.82, 2.24) is 20.9 Å². The van der Waals surface area contributed by atoms with E-state index in [2.05, 4.69) is 25.6 Å². The first kappa shape index (κ1) is 20.7. The first-order valence-electron chi connectivity index (χ1n) is 7.65. The van der Waals surface area contributed by atoms with Crippen molar-refractivity contribution in [3.05, 3.63) is 52.6 Å². The molecular formula is C16H15Cl2FN5O3-. The van der Waals surface area contributed by atoms with Crippen LogP contribution in [0.4, 0.5) is 10.2 Å². The maximum Gasteiger partial charge on any atom is 0.277 e. The third kappa shape index (κ3) is 5.19. The van der Waals surface area contributed by atoms with Gasteiger partial charge in [0.05, 0.1) is 11.6 Å². The molecule has 27 heavy (non-hydrogen) atoms. The summed E-state index contributed by atoms with van der Waals surface area (Å²) in [5.74, 6) is 0.287. The number of nitrogens with two attached hydrogens (primary N) is 1. The second-order valence-electron chi connectivity index (χ2n) is 5.33. The zero-order valence-corrected chi connectivity index (χ0v) is 15.4. The SMILES string of the molecule is Nc1nonc1C(=O)NCCNCc1ccc(-c2ccc(F)c(Cl)c2)o1.[Cl-]. The Labute approximate surface area is 164 Å². The molecule has 0 aliphatic heterocycles. The minimum atomic E-state index is -0.478. The van der Waals surface area contributed by atoms with Gasteiger partial charge in [0.1, 0.15) is 17.3 Å². The highest BCUT2D eigenvalue weighted by Gasteiger charge is 2.15. The zero-order valence-electron chi connectivity index (χ0n) is 13.8. The Morgan fingerprint density at radius 2 is 2.04 bits per heavy atom. The smallest absolute Gasteiger partial charge is 0.277 e. The number of benzene rings is 1. The number of nitrogens with one attached hydrogen (secondary N) is 2. The van der Waals surface area contributed by atoms with Gasteiger partial charge in [-0.3, -0.25) is 4.79 Å². The molecule has 0 saturated heterocycles. The van der Waals surface area contributed by atoms with Crippen molar-refractivity contribution in [1.29, 1.82) is 0 Å². The molecule has 1 aromatic carbocycles. The lowest BCUT2D eigenvalue weighted by molar-refractivity contribution is -0.0000152. The van der Waals surface area contributed by atoms with Crippen LogP contribution in [0.1, 0.15) is 16.2 Å². The molecule has 0 radical (unpaired) electrons. The molecule has 1 amide bonds. The van der Waals surface area contributed by atoms with Gasteiger partial charge in [-0.25, -0.2) is 9.02 Å². The largest absolute Gasteiger partial charge is 1.00 e. The molecule has 0 aliphatic carbocycles. The number of halogens is 3. The summed E-state index contributed by atoms with van der Waals surface area (Å²) in [4.78, 5) is 11.7. The Morgan fingerprint density at radius 1 is 1.22 bits per heavy atom. The van der Waals surface area contributed by atoms with Crippen LogP contribution in [0.15, 0.2) is 39.4 Å². The van der Waals surface area contributed by atoms with E-state index < -0.39 is 11.7 Å². The highest BCUT2D eigenvalue weighted by molar-refractivity contribution is 6.31. The van der Waals surface area contributed by atoms with Gasteiger partial charge in [0.25, 0.3) is 5.91 Å². The van der Waals surface area contributed by atoms with Crippen molar-refractivity contribution in [2.24, 2.45) is 0 Å². The Hall–Kier alpha value is -2.62. The summed E-state index contributed by atoms with van der Waals surface area (Å²) >= 11 is 5.78. The van der Waals surface area contributed by atoms with E-state index in [4.69, 9.17) is 21.8 Å². The maximum atomic E-state index is 13.2. The summed E-state index contributed by atoms with van der Waals surface area (Å²) in [6.45, 7) is 1.31. The quantitative estimate of drug-likeness (QED) is 0.434. The van der Waals surface area contributed by atoms with Crippen molar-refractivity contribution in [3.63, 3.8) is 0 Å². The highest BCUT2D eigenvalue weighted by Crippen LogP contribution is 2.26. The molecule has 2 heterocycles. The Morgan fingerprint density at radius 3 is 2.74 bits per heavy atom. The van der Waals surface area contributed by atoms with E-state index in [9.17, 15) is 9.18 Å². The molecule has 0 aliphatic rings. The van der Waals surface area contributed by atoms with Gasteiger partial charge in [0.15, 0.2) is 0 Å². The van der Waals surface area contributed by atoms with Gasteiger partial charge in [-0.2, -0.15) is 0 Å². The van der Waals surface area contributed by atoms with E-state index in [1.807, 2.05) is 0 Å². The average Bonchev–Trinajstić information content (AvgIpc) is 3.26.